The van der Waals surface area contributed by atoms with Gasteiger partial charge in [0, 0.05) is 30.6 Å². The lowest BCUT2D eigenvalue weighted by atomic mass is 10.1. The molecule has 0 aliphatic carbocycles. The van der Waals surface area contributed by atoms with Crippen molar-refractivity contribution in [3.63, 3.8) is 0 Å². The third kappa shape index (κ3) is 5.28. The van der Waals surface area contributed by atoms with E-state index in [0.29, 0.717) is 39.9 Å². The SMILES string of the molecule is CC[C@@H](C#N)NC(=O)c1ccc(-c2nc(N/C(C=NC)=C/N)ncc2Cl)cc1. The summed E-state index contributed by atoms with van der Waals surface area (Å²) in [5.41, 5.74) is 7.71. The first-order valence-corrected chi connectivity index (χ1v) is 8.84. The first-order valence-electron chi connectivity index (χ1n) is 8.46. The third-order valence-corrected chi connectivity index (χ3v) is 4.01. The topological polar surface area (TPSA) is 129 Å². The summed E-state index contributed by atoms with van der Waals surface area (Å²) in [6, 6.07) is 8.27. The van der Waals surface area contributed by atoms with Crippen molar-refractivity contribution in [2.75, 3.05) is 12.4 Å². The summed E-state index contributed by atoms with van der Waals surface area (Å²) in [5, 5.41) is 14.9. The Morgan fingerprint density at radius 1 is 1.43 bits per heavy atom. The van der Waals surface area contributed by atoms with Crippen LogP contribution in [0.2, 0.25) is 5.02 Å². The van der Waals surface area contributed by atoms with Crippen molar-refractivity contribution >= 4 is 29.7 Å². The van der Waals surface area contributed by atoms with E-state index in [-0.39, 0.29) is 5.91 Å². The summed E-state index contributed by atoms with van der Waals surface area (Å²) in [7, 11) is 1.62. The number of nitrogens with one attached hydrogen (secondary N) is 2. The number of halogens is 1. The van der Waals surface area contributed by atoms with E-state index < -0.39 is 6.04 Å². The Balaban J connectivity index is 2.24. The zero-order valence-corrected chi connectivity index (χ0v) is 16.2. The molecule has 0 aliphatic rings. The van der Waals surface area contributed by atoms with Crippen LogP contribution in [-0.4, -0.2) is 35.2 Å². The highest BCUT2D eigenvalue weighted by molar-refractivity contribution is 6.32. The smallest absolute Gasteiger partial charge is 0.252 e. The van der Waals surface area contributed by atoms with E-state index in [1.807, 2.05) is 13.0 Å². The van der Waals surface area contributed by atoms with Gasteiger partial charge in [0.25, 0.3) is 5.91 Å². The minimum atomic E-state index is -0.520. The fourth-order valence-electron chi connectivity index (χ4n) is 2.26. The van der Waals surface area contributed by atoms with Gasteiger partial charge < -0.3 is 16.4 Å². The molecule has 9 heteroatoms. The number of nitrogens with two attached hydrogens (primary N) is 1. The molecule has 1 aromatic carbocycles. The highest BCUT2D eigenvalue weighted by atomic mass is 35.5. The molecular formula is C19H20ClN7O. The quantitative estimate of drug-likeness (QED) is 0.616. The number of allylic oxidation sites excluding steroid dienone is 1. The predicted octanol–water partition coefficient (Wildman–Crippen LogP) is 2.74. The molecule has 0 radical (unpaired) electrons. The third-order valence-electron chi connectivity index (χ3n) is 3.74. The second-order valence-electron chi connectivity index (χ2n) is 5.67. The van der Waals surface area contributed by atoms with Crippen LogP contribution < -0.4 is 16.4 Å². The number of anilines is 1. The molecule has 8 nitrogen and oxygen atoms in total. The van der Waals surface area contributed by atoms with Crippen LogP contribution in [0, 0.1) is 11.3 Å². The molecule has 2 rings (SSSR count). The number of aromatic nitrogens is 2. The number of hydrogen-bond donors (Lipinski definition) is 3. The summed E-state index contributed by atoms with van der Waals surface area (Å²) in [6.45, 7) is 1.83. The van der Waals surface area contributed by atoms with Gasteiger partial charge in [-0.15, -0.1) is 0 Å². The van der Waals surface area contributed by atoms with Crippen molar-refractivity contribution in [2.24, 2.45) is 10.7 Å². The molecule has 144 valence electrons. The van der Waals surface area contributed by atoms with E-state index in [0.717, 1.165) is 0 Å². The highest BCUT2D eigenvalue weighted by Gasteiger charge is 2.13. The molecule has 1 aromatic heterocycles. The Labute approximate surface area is 168 Å². The molecule has 1 heterocycles. The zero-order valence-electron chi connectivity index (χ0n) is 15.5. The molecule has 1 atom stereocenters. The maximum absolute atomic E-state index is 12.2. The number of rotatable bonds is 7. The first-order chi connectivity index (χ1) is 13.5. The molecule has 0 unspecified atom stereocenters. The first kappa shape index (κ1) is 20.9. The van der Waals surface area contributed by atoms with E-state index in [1.54, 1.807) is 31.3 Å². The van der Waals surface area contributed by atoms with Crippen LogP contribution in [0.25, 0.3) is 11.3 Å². The van der Waals surface area contributed by atoms with Gasteiger partial charge in [0.15, 0.2) is 0 Å². The molecule has 2 aromatic rings. The number of amides is 1. The van der Waals surface area contributed by atoms with Crippen molar-refractivity contribution in [1.29, 1.82) is 5.26 Å². The van der Waals surface area contributed by atoms with Gasteiger partial charge in [-0.1, -0.05) is 30.7 Å². The van der Waals surface area contributed by atoms with Gasteiger partial charge in [0.1, 0.15) is 6.04 Å². The minimum Gasteiger partial charge on any atom is -0.403 e. The van der Waals surface area contributed by atoms with Crippen molar-refractivity contribution < 1.29 is 4.79 Å². The number of carbonyl (C=O) groups is 1. The molecule has 28 heavy (non-hydrogen) atoms. The van der Waals surface area contributed by atoms with Gasteiger partial charge in [0.2, 0.25) is 5.95 Å². The van der Waals surface area contributed by atoms with Gasteiger partial charge in [-0.2, -0.15) is 5.26 Å². The van der Waals surface area contributed by atoms with Gasteiger partial charge in [-0.25, -0.2) is 9.97 Å². The van der Waals surface area contributed by atoms with Crippen LogP contribution in [0.1, 0.15) is 23.7 Å². The average Bonchev–Trinajstić information content (AvgIpc) is 2.72. The average molecular weight is 398 g/mol. The summed E-state index contributed by atoms with van der Waals surface area (Å²) in [5.74, 6) is -0.00899. The Morgan fingerprint density at radius 3 is 2.71 bits per heavy atom. The van der Waals surface area contributed by atoms with Crippen molar-refractivity contribution in [1.82, 2.24) is 15.3 Å². The van der Waals surface area contributed by atoms with Crippen molar-refractivity contribution in [2.45, 2.75) is 19.4 Å². The fourth-order valence-corrected chi connectivity index (χ4v) is 2.46. The van der Waals surface area contributed by atoms with E-state index in [1.165, 1.54) is 18.6 Å². The van der Waals surface area contributed by atoms with Gasteiger partial charge in [-0.05, 0) is 18.6 Å². The largest absolute Gasteiger partial charge is 0.403 e. The summed E-state index contributed by atoms with van der Waals surface area (Å²) < 4.78 is 0. The number of benzene rings is 1. The normalized spacial score (nSPS) is 12.4. The van der Waals surface area contributed by atoms with E-state index in [4.69, 9.17) is 22.6 Å². The Kier molecular flexibility index (Phi) is 7.48. The monoisotopic (exact) mass is 397 g/mol. The van der Waals surface area contributed by atoms with E-state index in [9.17, 15) is 4.79 Å². The molecule has 0 spiro atoms. The number of nitriles is 1. The number of aliphatic imine (C=N–C) groups is 1. The Hall–Kier alpha value is -3.44. The summed E-state index contributed by atoms with van der Waals surface area (Å²) >= 11 is 6.24. The molecule has 4 N–H and O–H groups in total. The summed E-state index contributed by atoms with van der Waals surface area (Å²) in [6.07, 6.45) is 4.90. The van der Waals surface area contributed by atoms with Crippen LogP contribution in [0.5, 0.6) is 0 Å². The van der Waals surface area contributed by atoms with Gasteiger partial charge in [0.05, 0.1) is 28.7 Å². The fraction of sp³-hybridized carbons (Fsp3) is 0.211. The number of hydrogen-bond acceptors (Lipinski definition) is 7. The zero-order chi connectivity index (χ0) is 20.5. The molecule has 0 bridgehead atoms. The van der Waals surface area contributed by atoms with Crippen LogP contribution in [-0.2, 0) is 0 Å². The molecule has 0 saturated carbocycles. The molecule has 1 amide bonds. The van der Waals surface area contributed by atoms with Crippen LogP contribution in [0.4, 0.5) is 5.95 Å². The van der Waals surface area contributed by atoms with E-state index in [2.05, 4.69) is 25.6 Å². The molecular weight excluding hydrogens is 378 g/mol. The van der Waals surface area contributed by atoms with Crippen molar-refractivity contribution in [3.8, 4) is 17.3 Å². The predicted molar refractivity (Wildman–Crippen MR) is 110 cm³/mol. The summed E-state index contributed by atoms with van der Waals surface area (Å²) in [4.78, 5) is 24.6. The van der Waals surface area contributed by atoms with Crippen LogP contribution in [0.15, 0.2) is 47.4 Å². The second kappa shape index (κ2) is 10.0. The second-order valence-corrected chi connectivity index (χ2v) is 6.07. The van der Waals surface area contributed by atoms with E-state index >= 15 is 0 Å². The van der Waals surface area contributed by atoms with Gasteiger partial charge >= 0.3 is 0 Å². The lowest BCUT2D eigenvalue weighted by Gasteiger charge is -2.10. The number of nitrogens with zero attached hydrogens (tertiary/aromatic N) is 4. The Bertz CT molecular complexity index is 932. The lowest BCUT2D eigenvalue weighted by Crippen LogP contribution is -2.33. The highest BCUT2D eigenvalue weighted by Crippen LogP contribution is 2.26. The van der Waals surface area contributed by atoms with Crippen LogP contribution >= 0.6 is 11.6 Å². The lowest BCUT2D eigenvalue weighted by molar-refractivity contribution is 0.0944. The van der Waals surface area contributed by atoms with Crippen molar-refractivity contribution in [3.05, 3.63) is 52.9 Å². The molecule has 0 fully saturated rings. The maximum atomic E-state index is 12.2. The molecule has 0 saturated heterocycles. The molecule has 0 aliphatic heterocycles. The Morgan fingerprint density at radius 2 is 2.14 bits per heavy atom. The number of carbonyl (C=O) groups excluding carboxylic acids is 1. The van der Waals surface area contributed by atoms with Gasteiger partial charge in [-0.3, -0.25) is 9.79 Å². The minimum absolute atomic E-state index is 0.303. The maximum Gasteiger partial charge on any atom is 0.252 e. The van der Waals surface area contributed by atoms with Crippen LogP contribution in [0.3, 0.4) is 0 Å². The standard InChI is InChI=1S/C19H20ClN7O/c1-3-14(8-21)25-18(28)13-6-4-12(5-7-13)17-16(20)11-24-19(27-17)26-15(9-22)10-23-2/h4-7,9-11,14H,3,22H2,1-2H3,(H,25,28)(H,24,26,27)/b15-9+,23-10?/t14-/m0/s1.